The van der Waals surface area contributed by atoms with E-state index < -0.39 is 0 Å². The molecule has 2 aliphatic rings. The number of piperazine rings is 1. The van der Waals surface area contributed by atoms with Crippen molar-refractivity contribution in [3.8, 4) is 0 Å². The van der Waals surface area contributed by atoms with E-state index in [9.17, 15) is 9.18 Å². The highest BCUT2D eigenvalue weighted by Gasteiger charge is 2.29. The fraction of sp³-hybridized carbons (Fsp3) is 0.583. The number of nitrogens with zero attached hydrogens (tertiary/aromatic N) is 3. The molecule has 1 saturated heterocycles. The van der Waals surface area contributed by atoms with Gasteiger partial charge in [-0.3, -0.25) is 14.7 Å². The van der Waals surface area contributed by atoms with Crippen molar-refractivity contribution in [2.24, 2.45) is 10.9 Å². The van der Waals surface area contributed by atoms with E-state index in [4.69, 9.17) is 0 Å². The largest absolute Gasteiger partial charge is 0.361 e. The topological polar surface area (TPSA) is 75.8 Å². The van der Waals surface area contributed by atoms with Gasteiger partial charge < -0.3 is 20.5 Å². The number of nitrogens with one attached hydrogen (secondary N) is 3. The fourth-order valence-electron chi connectivity index (χ4n) is 4.86. The Morgan fingerprint density at radius 2 is 1.91 bits per heavy atom. The van der Waals surface area contributed by atoms with E-state index in [2.05, 4.69) is 30.4 Å². The molecule has 0 spiro atoms. The molecule has 1 aliphatic heterocycles. The molecular formula is C24H35FN6O. The van der Waals surface area contributed by atoms with Gasteiger partial charge in [0.1, 0.15) is 5.82 Å². The second kappa shape index (κ2) is 10.8. The zero-order valence-electron chi connectivity index (χ0n) is 19.0. The first-order valence-corrected chi connectivity index (χ1v) is 11.8. The number of carbonyl (C=O) groups is 1. The summed E-state index contributed by atoms with van der Waals surface area (Å²) in [6.07, 6.45) is 7.34. The molecule has 1 aliphatic carbocycles. The maximum atomic E-state index is 13.3. The number of rotatable bonds is 7. The molecule has 0 unspecified atom stereocenters. The van der Waals surface area contributed by atoms with Crippen molar-refractivity contribution in [1.82, 2.24) is 25.4 Å². The Balaban J connectivity index is 1.13. The Hall–Kier alpha value is -2.61. The number of fused-ring (bicyclic) bond motifs is 1. The highest BCUT2D eigenvalue weighted by molar-refractivity contribution is 5.83. The highest BCUT2D eigenvalue weighted by atomic mass is 19.1. The van der Waals surface area contributed by atoms with Crippen LogP contribution in [-0.4, -0.2) is 79.5 Å². The van der Waals surface area contributed by atoms with Crippen LogP contribution in [0.3, 0.4) is 0 Å². The molecule has 1 amide bonds. The Kier molecular flexibility index (Phi) is 7.63. The summed E-state index contributed by atoms with van der Waals surface area (Å²) in [6.45, 7) is 6.04. The molecule has 1 aromatic carbocycles. The molecule has 32 heavy (non-hydrogen) atoms. The second-order valence-corrected chi connectivity index (χ2v) is 8.83. The molecule has 0 bridgehead atoms. The number of amides is 1. The third-order valence-electron chi connectivity index (χ3n) is 6.75. The zero-order valence-corrected chi connectivity index (χ0v) is 19.0. The average molecular weight is 443 g/mol. The second-order valence-electron chi connectivity index (χ2n) is 8.83. The third-order valence-corrected chi connectivity index (χ3v) is 6.75. The summed E-state index contributed by atoms with van der Waals surface area (Å²) >= 11 is 0. The van der Waals surface area contributed by atoms with Crippen molar-refractivity contribution in [3.63, 3.8) is 0 Å². The molecule has 0 radical (unpaired) electrons. The number of H-pyrrole nitrogens is 1. The SMILES string of the molecule is CN=C(NCCc1c[nH]c2cc(F)ccc12)NCCN1CCN(C(=O)C2CCCC2)CC1. The summed E-state index contributed by atoms with van der Waals surface area (Å²) in [5, 5.41) is 7.79. The van der Waals surface area contributed by atoms with Gasteiger partial charge in [0, 0.05) is 75.9 Å². The standard InChI is InChI=1S/C24H35FN6O/c1-26-24(27-9-8-19-17-29-22-16-20(25)6-7-21(19)22)28-10-11-30-12-14-31(15-13-30)23(32)18-4-2-3-5-18/h6-7,16-18,29H,2-5,8-15H2,1H3,(H2,26,27,28). The van der Waals surface area contributed by atoms with Crippen molar-refractivity contribution < 1.29 is 9.18 Å². The lowest BCUT2D eigenvalue weighted by Crippen LogP contribution is -2.52. The number of hydrogen-bond donors (Lipinski definition) is 3. The molecule has 2 fully saturated rings. The number of aromatic nitrogens is 1. The summed E-state index contributed by atoms with van der Waals surface area (Å²) in [4.78, 5) is 24.5. The Bertz CT molecular complexity index is 928. The third kappa shape index (κ3) is 5.59. The maximum Gasteiger partial charge on any atom is 0.225 e. The van der Waals surface area contributed by atoms with Crippen LogP contribution < -0.4 is 10.6 Å². The molecule has 7 nitrogen and oxygen atoms in total. The summed E-state index contributed by atoms with van der Waals surface area (Å²) in [6, 6.07) is 4.85. The molecule has 8 heteroatoms. The molecule has 3 N–H and O–H groups in total. The van der Waals surface area contributed by atoms with E-state index in [1.54, 1.807) is 7.05 Å². The van der Waals surface area contributed by atoms with Crippen LogP contribution in [0.1, 0.15) is 31.2 Å². The quantitative estimate of drug-likeness (QED) is 0.455. The minimum absolute atomic E-state index is 0.226. The average Bonchev–Trinajstić information content (AvgIpc) is 3.48. The van der Waals surface area contributed by atoms with Crippen LogP contribution >= 0.6 is 0 Å². The van der Waals surface area contributed by atoms with Gasteiger partial charge in [-0.15, -0.1) is 0 Å². The lowest BCUT2D eigenvalue weighted by Gasteiger charge is -2.36. The molecule has 2 heterocycles. The van der Waals surface area contributed by atoms with Crippen LogP contribution in [0.15, 0.2) is 29.4 Å². The zero-order chi connectivity index (χ0) is 22.3. The van der Waals surface area contributed by atoms with Crippen molar-refractivity contribution in [2.75, 3.05) is 52.9 Å². The van der Waals surface area contributed by atoms with E-state index in [1.807, 2.05) is 12.3 Å². The van der Waals surface area contributed by atoms with Gasteiger partial charge in [-0.05, 0) is 43.0 Å². The lowest BCUT2D eigenvalue weighted by atomic mass is 10.1. The van der Waals surface area contributed by atoms with Crippen molar-refractivity contribution >= 4 is 22.8 Å². The number of hydrogen-bond acceptors (Lipinski definition) is 3. The van der Waals surface area contributed by atoms with Gasteiger partial charge in [0.25, 0.3) is 0 Å². The van der Waals surface area contributed by atoms with Gasteiger partial charge in [0.2, 0.25) is 5.91 Å². The number of aliphatic imine (C=N–C) groups is 1. The molecule has 0 atom stereocenters. The highest BCUT2D eigenvalue weighted by Crippen LogP contribution is 2.26. The van der Waals surface area contributed by atoms with Gasteiger partial charge in [-0.1, -0.05) is 12.8 Å². The Morgan fingerprint density at radius 1 is 1.16 bits per heavy atom. The number of guanidine groups is 1. The van der Waals surface area contributed by atoms with Crippen LogP contribution in [0.4, 0.5) is 4.39 Å². The minimum atomic E-state index is -0.226. The van der Waals surface area contributed by atoms with E-state index in [1.165, 1.54) is 25.0 Å². The summed E-state index contributed by atoms with van der Waals surface area (Å²) in [5.41, 5.74) is 1.99. The number of aromatic amines is 1. The summed E-state index contributed by atoms with van der Waals surface area (Å²) in [5.74, 6) is 1.22. The monoisotopic (exact) mass is 442 g/mol. The van der Waals surface area contributed by atoms with Crippen molar-refractivity contribution in [3.05, 3.63) is 35.8 Å². The van der Waals surface area contributed by atoms with E-state index >= 15 is 0 Å². The van der Waals surface area contributed by atoms with Gasteiger partial charge in [-0.25, -0.2) is 4.39 Å². The predicted octanol–water partition coefficient (Wildman–Crippen LogP) is 2.35. The van der Waals surface area contributed by atoms with Crippen LogP contribution in [0, 0.1) is 11.7 Å². The smallest absolute Gasteiger partial charge is 0.225 e. The summed E-state index contributed by atoms with van der Waals surface area (Å²) in [7, 11) is 1.78. The van der Waals surface area contributed by atoms with Gasteiger partial charge >= 0.3 is 0 Å². The van der Waals surface area contributed by atoms with E-state index in [0.717, 1.165) is 87.5 Å². The lowest BCUT2D eigenvalue weighted by molar-refractivity contribution is -0.137. The molecule has 2 aromatic rings. The Labute approximate surface area is 189 Å². The van der Waals surface area contributed by atoms with Crippen molar-refractivity contribution in [2.45, 2.75) is 32.1 Å². The van der Waals surface area contributed by atoms with E-state index in [0.29, 0.717) is 5.91 Å². The number of carbonyl (C=O) groups excluding carboxylic acids is 1. The molecule has 4 rings (SSSR count). The predicted molar refractivity (Wildman–Crippen MR) is 126 cm³/mol. The number of halogens is 1. The molecule has 1 aromatic heterocycles. The molecular weight excluding hydrogens is 407 g/mol. The first-order valence-electron chi connectivity index (χ1n) is 11.8. The summed E-state index contributed by atoms with van der Waals surface area (Å²) < 4.78 is 13.3. The first kappa shape index (κ1) is 22.6. The Morgan fingerprint density at radius 3 is 2.66 bits per heavy atom. The minimum Gasteiger partial charge on any atom is -0.361 e. The van der Waals surface area contributed by atoms with Gasteiger partial charge in [0.15, 0.2) is 5.96 Å². The van der Waals surface area contributed by atoms with Crippen molar-refractivity contribution in [1.29, 1.82) is 0 Å². The molecule has 1 saturated carbocycles. The van der Waals surface area contributed by atoms with Crippen LogP contribution in [0.5, 0.6) is 0 Å². The van der Waals surface area contributed by atoms with Gasteiger partial charge in [-0.2, -0.15) is 0 Å². The normalized spacial score (nSPS) is 18.4. The van der Waals surface area contributed by atoms with Crippen LogP contribution in [0.25, 0.3) is 10.9 Å². The number of benzene rings is 1. The molecule has 174 valence electrons. The van der Waals surface area contributed by atoms with E-state index in [-0.39, 0.29) is 11.7 Å². The first-order chi connectivity index (χ1) is 15.6. The fourth-order valence-corrected chi connectivity index (χ4v) is 4.86. The van der Waals surface area contributed by atoms with Gasteiger partial charge in [0.05, 0.1) is 0 Å². The van der Waals surface area contributed by atoms with Crippen LogP contribution in [-0.2, 0) is 11.2 Å². The maximum absolute atomic E-state index is 13.3. The van der Waals surface area contributed by atoms with Crippen LogP contribution in [0.2, 0.25) is 0 Å².